The number of amides is 2. The van der Waals surface area contributed by atoms with Crippen LogP contribution in [0, 0.1) is 12.8 Å². The van der Waals surface area contributed by atoms with Crippen molar-refractivity contribution in [3.63, 3.8) is 0 Å². The van der Waals surface area contributed by atoms with Crippen molar-refractivity contribution >= 4 is 11.8 Å². The summed E-state index contributed by atoms with van der Waals surface area (Å²) in [7, 11) is 2.12. The number of nitrogens with zero attached hydrogens (tertiary/aromatic N) is 3. The van der Waals surface area contributed by atoms with Crippen LogP contribution in [0.1, 0.15) is 23.7 Å². The van der Waals surface area contributed by atoms with Crippen LogP contribution in [0.3, 0.4) is 0 Å². The number of urea groups is 1. The van der Waals surface area contributed by atoms with Gasteiger partial charge in [-0.2, -0.15) is 0 Å². The van der Waals surface area contributed by atoms with Crippen LogP contribution in [0.25, 0.3) is 0 Å². The number of aryl methyl sites for hydroxylation is 1. The number of anilines is 1. The lowest BCUT2D eigenvalue weighted by Crippen LogP contribution is -2.35. The van der Waals surface area contributed by atoms with E-state index in [-0.39, 0.29) is 12.1 Å². The minimum absolute atomic E-state index is 0.215. The van der Waals surface area contributed by atoms with Crippen molar-refractivity contribution in [1.82, 2.24) is 20.2 Å². The van der Waals surface area contributed by atoms with Gasteiger partial charge >= 0.3 is 6.03 Å². The number of carbonyl (C=O) groups is 1. The Labute approximate surface area is 142 Å². The van der Waals surface area contributed by atoms with E-state index in [9.17, 15) is 4.79 Å². The van der Waals surface area contributed by atoms with Gasteiger partial charge < -0.3 is 5.32 Å². The molecule has 2 N–H and O–H groups in total. The lowest BCUT2D eigenvalue weighted by molar-refractivity contribution is 0.243. The molecule has 6 heteroatoms. The van der Waals surface area contributed by atoms with E-state index in [1.54, 1.807) is 12.3 Å². The van der Waals surface area contributed by atoms with E-state index in [1.165, 1.54) is 5.56 Å². The zero-order valence-electron chi connectivity index (χ0n) is 14.1. The van der Waals surface area contributed by atoms with E-state index in [2.05, 4.69) is 38.6 Å². The molecule has 2 aromatic rings. The second-order valence-corrected chi connectivity index (χ2v) is 6.26. The summed E-state index contributed by atoms with van der Waals surface area (Å²) in [4.78, 5) is 22.9. The van der Waals surface area contributed by atoms with E-state index >= 15 is 0 Å². The van der Waals surface area contributed by atoms with Crippen LogP contribution in [0.15, 0.2) is 42.7 Å². The van der Waals surface area contributed by atoms with Crippen molar-refractivity contribution in [1.29, 1.82) is 0 Å². The summed E-state index contributed by atoms with van der Waals surface area (Å²) in [6.45, 7) is 3.55. The summed E-state index contributed by atoms with van der Waals surface area (Å²) in [6.07, 6.45) is 4.75. The number of rotatable bonds is 4. The molecule has 3 heterocycles. The molecule has 0 aromatic carbocycles. The van der Waals surface area contributed by atoms with Gasteiger partial charge in [-0.05, 0) is 56.6 Å². The Hall–Kier alpha value is -2.47. The fourth-order valence-electron chi connectivity index (χ4n) is 3.31. The van der Waals surface area contributed by atoms with Crippen LogP contribution in [0.5, 0.6) is 0 Å². The summed E-state index contributed by atoms with van der Waals surface area (Å²) in [5.41, 5.74) is 2.08. The number of pyridine rings is 2. The number of nitrogens with one attached hydrogen (secondary N) is 2. The van der Waals surface area contributed by atoms with Gasteiger partial charge in [-0.25, -0.2) is 9.78 Å². The molecule has 3 rings (SSSR count). The summed E-state index contributed by atoms with van der Waals surface area (Å²) >= 11 is 0. The summed E-state index contributed by atoms with van der Waals surface area (Å²) in [5, 5.41) is 5.76. The highest BCUT2D eigenvalue weighted by Crippen LogP contribution is 2.35. The van der Waals surface area contributed by atoms with Gasteiger partial charge in [0, 0.05) is 30.7 Å². The van der Waals surface area contributed by atoms with Crippen LogP contribution in [-0.2, 0) is 0 Å². The van der Waals surface area contributed by atoms with E-state index in [0.717, 1.165) is 18.7 Å². The number of likely N-dealkylation sites (tertiary alicyclic amines) is 1. The molecule has 1 saturated heterocycles. The van der Waals surface area contributed by atoms with Crippen molar-refractivity contribution in [3.05, 3.63) is 54.0 Å². The zero-order valence-corrected chi connectivity index (χ0v) is 14.1. The molecule has 2 aromatic heterocycles. The molecule has 2 amide bonds. The Morgan fingerprint density at radius 2 is 2.21 bits per heavy atom. The molecule has 24 heavy (non-hydrogen) atoms. The van der Waals surface area contributed by atoms with Crippen LogP contribution < -0.4 is 10.6 Å². The van der Waals surface area contributed by atoms with Gasteiger partial charge in [0.15, 0.2) is 0 Å². The van der Waals surface area contributed by atoms with Gasteiger partial charge in [0.1, 0.15) is 5.82 Å². The lowest BCUT2D eigenvalue weighted by atomic mass is 9.95. The van der Waals surface area contributed by atoms with Crippen molar-refractivity contribution < 1.29 is 4.79 Å². The molecule has 1 aliphatic heterocycles. The Morgan fingerprint density at radius 3 is 2.96 bits per heavy atom. The zero-order chi connectivity index (χ0) is 16.9. The highest BCUT2D eigenvalue weighted by atomic mass is 16.2. The van der Waals surface area contributed by atoms with Crippen LogP contribution in [0.2, 0.25) is 0 Å². The van der Waals surface area contributed by atoms with Gasteiger partial charge in [-0.3, -0.25) is 15.2 Å². The van der Waals surface area contributed by atoms with Crippen molar-refractivity contribution in [3.8, 4) is 0 Å². The van der Waals surface area contributed by atoms with Gasteiger partial charge in [-0.1, -0.05) is 12.1 Å². The average Bonchev–Trinajstić information content (AvgIpc) is 2.94. The molecule has 6 nitrogen and oxygen atoms in total. The second kappa shape index (κ2) is 7.40. The first kappa shape index (κ1) is 16.4. The van der Waals surface area contributed by atoms with Crippen LogP contribution >= 0.6 is 0 Å². The Kier molecular flexibility index (Phi) is 5.05. The molecule has 2 atom stereocenters. The maximum absolute atomic E-state index is 12.1. The maximum Gasteiger partial charge on any atom is 0.320 e. The van der Waals surface area contributed by atoms with E-state index in [4.69, 9.17) is 0 Å². The molecule has 1 aliphatic rings. The van der Waals surface area contributed by atoms with Crippen molar-refractivity contribution in [2.24, 2.45) is 5.92 Å². The summed E-state index contributed by atoms with van der Waals surface area (Å²) < 4.78 is 0. The highest BCUT2D eigenvalue weighted by Gasteiger charge is 2.33. The van der Waals surface area contributed by atoms with Crippen LogP contribution in [0.4, 0.5) is 10.6 Å². The molecule has 0 aliphatic carbocycles. The predicted molar refractivity (Wildman–Crippen MR) is 93.7 cm³/mol. The quantitative estimate of drug-likeness (QED) is 0.906. The Morgan fingerprint density at radius 1 is 1.33 bits per heavy atom. The standard InChI is InChI=1S/C18H23N5O/c1-13-5-3-7-16(21-13)22-18(24)20-12-15-8-10-23(2)17(15)14-6-4-9-19-11-14/h3-7,9,11,15,17H,8,10,12H2,1-2H3,(H2,20,21,22,24)/t15-,17-/m0/s1. The third-order valence-corrected chi connectivity index (χ3v) is 4.45. The third kappa shape index (κ3) is 3.89. The molecule has 0 spiro atoms. The molecule has 0 unspecified atom stereocenters. The lowest BCUT2D eigenvalue weighted by Gasteiger charge is -2.25. The second-order valence-electron chi connectivity index (χ2n) is 6.26. The molecular weight excluding hydrogens is 302 g/mol. The molecular formula is C18H23N5O. The average molecular weight is 325 g/mol. The summed E-state index contributed by atoms with van der Waals surface area (Å²) in [5.74, 6) is 0.940. The van der Waals surface area contributed by atoms with E-state index in [0.29, 0.717) is 18.3 Å². The summed E-state index contributed by atoms with van der Waals surface area (Å²) in [6, 6.07) is 9.70. The monoisotopic (exact) mass is 325 g/mol. The first-order chi connectivity index (χ1) is 11.6. The fraction of sp³-hybridized carbons (Fsp3) is 0.389. The largest absolute Gasteiger partial charge is 0.337 e. The Balaban J connectivity index is 1.58. The molecule has 0 radical (unpaired) electrons. The van der Waals surface area contributed by atoms with Crippen molar-refractivity contribution in [2.75, 3.05) is 25.5 Å². The molecule has 1 fully saturated rings. The van der Waals surface area contributed by atoms with Gasteiger partial charge in [0.25, 0.3) is 0 Å². The molecule has 0 saturated carbocycles. The maximum atomic E-state index is 12.1. The highest BCUT2D eigenvalue weighted by molar-refractivity contribution is 5.88. The topological polar surface area (TPSA) is 70.2 Å². The minimum Gasteiger partial charge on any atom is -0.337 e. The fourth-order valence-corrected chi connectivity index (χ4v) is 3.31. The van der Waals surface area contributed by atoms with Gasteiger partial charge in [0.2, 0.25) is 0 Å². The Bertz CT molecular complexity index is 691. The normalized spacial score (nSPS) is 20.8. The smallest absolute Gasteiger partial charge is 0.320 e. The van der Waals surface area contributed by atoms with E-state index < -0.39 is 0 Å². The minimum atomic E-state index is -0.215. The SMILES string of the molecule is Cc1cccc(NC(=O)NC[C@@H]2CCN(C)[C@H]2c2cccnc2)n1. The number of carbonyl (C=O) groups excluding carboxylic acids is 1. The molecule has 0 bridgehead atoms. The van der Waals surface area contributed by atoms with Gasteiger partial charge in [-0.15, -0.1) is 0 Å². The van der Waals surface area contributed by atoms with Gasteiger partial charge in [0.05, 0.1) is 0 Å². The van der Waals surface area contributed by atoms with Crippen LogP contribution in [-0.4, -0.2) is 41.0 Å². The number of hydrogen-bond donors (Lipinski definition) is 2. The predicted octanol–water partition coefficient (Wildman–Crippen LogP) is 2.60. The van der Waals surface area contributed by atoms with Crippen molar-refractivity contribution in [2.45, 2.75) is 19.4 Å². The first-order valence-electron chi connectivity index (χ1n) is 8.22. The number of aromatic nitrogens is 2. The molecule has 126 valence electrons. The first-order valence-corrected chi connectivity index (χ1v) is 8.22. The number of hydrogen-bond acceptors (Lipinski definition) is 4. The third-order valence-electron chi connectivity index (χ3n) is 4.45. The van der Waals surface area contributed by atoms with E-state index in [1.807, 2.05) is 31.3 Å².